The lowest BCUT2D eigenvalue weighted by atomic mass is 10.1. The molecule has 1 aliphatic rings. The molecule has 4 heteroatoms. The zero-order chi connectivity index (χ0) is 13.8. The molecule has 4 nitrogen and oxygen atoms in total. The number of nitrogens with zero attached hydrogens (tertiary/aromatic N) is 2. The van der Waals surface area contributed by atoms with Gasteiger partial charge >= 0.3 is 0 Å². The number of likely N-dealkylation sites (N-methyl/N-ethyl adjacent to an activating group) is 1. The summed E-state index contributed by atoms with van der Waals surface area (Å²) in [6.45, 7) is 4.77. The van der Waals surface area contributed by atoms with Crippen LogP contribution < -0.4 is 5.73 Å². The molecule has 1 unspecified atom stereocenters. The van der Waals surface area contributed by atoms with Gasteiger partial charge in [-0.25, -0.2) is 0 Å². The van der Waals surface area contributed by atoms with Gasteiger partial charge in [-0.15, -0.1) is 0 Å². The van der Waals surface area contributed by atoms with E-state index < -0.39 is 0 Å². The highest BCUT2D eigenvalue weighted by molar-refractivity contribution is 5.80. The summed E-state index contributed by atoms with van der Waals surface area (Å²) in [6.07, 6.45) is 1.49. The average molecular weight is 261 g/mol. The third kappa shape index (κ3) is 3.26. The van der Waals surface area contributed by atoms with Gasteiger partial charge < -0.3 is 10.6 Å². The van der Waals surface area contributed by atoms with E-state index in [2.05, 4.69) is 18.9 Å². The summed E-state index contributed by atoms with van der Waals surface area (Å²) in [5, 5.41) is 0. The van der Waals surface area contributed by atoms with Gasteiger partial charge in [0, 0.05) is 31.4 Å². The van der Waals surface area contributed by atoms with Crippen molar-refractivity contribution in [3.05, 3.63) is 29.8 Å². The summed E-state index contributed by atoms with van der Waals surface area (Å²) in [6, 6.07) is 8.08. The van der Waals surface area contributed by atoms with E-state index >= 15 is 0 Å². The molecule has 0 radical (unpaired) electrons. The molecule has 1 heterocycles. The lowest BCUT2D eigenvalue weighted by Gasteiger charge is -2.39. The Morgan fingerprint density at radius 3 is 2.79 bits per heavy atom. The molecule has 2 rings (SSSR count). The van der Waals surface area contributed by atoms with Gasteiger partial charge in [0.2, 0.25) is 5.91 Å². The Balaban J connectivity index is 1.99. The maximum absolute atomic E-state index is 12.3. The van der Waals surface area contributed by atoms with Crippen LogP contribution in [-0.2, 0) is 11.2 Å². The van der Waals surface area contributed by atoms with Gasteiger partial charge in [0.1, 0.15) is 0 Å². The number of rotatable bonds is 3. The predicted molar refractivity (Wildman–Crippen MR) is 77.8 cm³/mol. The van der Waals surface area contributed by atoms with Crippen LogP contribution in [0.3, 0.4) is 0 Å². The molecule has 0 aliphatic carbocycles. The summed E-state index contributed by atoms with van der Waals surface area (Å²) in [4.78, 5) is 16.6. The van der Waals surface area contributed by atoms with Crippen LogP contribution in [0.25, 0.3) is 0 Å². The third-order valence-electron chi connectivity index (χ3n) is 4.00. The number of piperazine rings is 1. The summed E-state index contributed by atoms with van der Waals surface area (Å²) < 4.78 is 0. The quantitative estimate of drug-likeness (QED) is 0.836. The molecule has 104 valence electrons. The van der Waals surface area contributed by atoms with Gasteiger partial charge in [0.15, 0.2) is 0 Å². The van der Waals surface area contributed by atoms with E-state index in [1.165, 1.54) is 0 Å². The smallest absolute Gasteiger partial charge is 0.227 e. The Morgan fingerprint density at radius 2 is 2.11 bits per heavy atom. The minimum atomic E-state index is 0.185. The van der Waals surface area contributed by atoms with E-state index in [9.17, 15) is 4.79 Å². The largest absolute Gasteiger partial charge is 0.398 e. The molecule has 1 aromatic carbocycles. The number of carbonyl (C=O) groups excluding carboxylic acids is 1. The van der Waals surface area contributed by atoms with E-state index in [-0.39, 0.29) is 5.91 Å². The molecule has 0 spiro atoms. The SMILES string of the molecule is CCC1CN(C(=O)Cc2ccccc2N)CCN1C. The molecular weight excluding hydrogens is 238 g/mol. The minimum absolute atomic E-state index is 0.185. The minimum Gasteiger partial charge on any atom is -0.398 e. The lowest BCUT2D eigenvalue weighted by molar-refractivity contribution is -0.133. The van der Waals surface area contributed by atoms with Gasteiger partial charge in [0.25, 0.3) is 0 Å². The van der Waals surface area contributed by atoms with Crippen molar-refractivity contribution in [2.24, 2.45) is 0 Å². The highest BCUT2D eigenvalue weighted by Gasteiger charge is 2.26. The molecule has 1 atom stereocenters. The number of carbonyl (C=O) groups is 1. The molecule has 0 saturated carbocycles. The number of amides is 1. The zero-order valence-electron chi connectivity index (χ0n) is 11.8. The fourth-order valence-electron chi connectivity index (χ4n) is 2.58. The van der Waals surface area contributed by atoms with Crippen molar-refractivity contribution in [3.63, 3.8) is 0 Å². The Hall–Kier alpha value is -1.55. The maximum Gasteiger partial charge on any atom is 0.227 e. The molecule has 19 heavy (non-hydrogen) atoms. The Kier molecular flexibility index (Phi) is 4.43. The summed E-state index contributed by atoms with van der Waals surface area (Å²) in [5.74, 6) is 0.185. The number of hydrogen-bond donors (Lipinski definition) is 1. The molecule has 0 bridgehead atoms. The van der Waals surface area contributed by atoms with Crippen LogP contribution in [0.1, 0.15) is 18.9 Å². The molecule has 1 saturated heterocycles. The fraction of sp³-hybridized carbons (Fsp3) is 0.533. The Bertz CT molecular complexity index is 447. The van der Waals surface area contributed by atoms with Crippen molar-refractivity contribution in [3.8, 4) is 0 Å². The van der Waals surface area contributed by atoms with E-state index in [4.69, 9.17) is 5.73 Å². The van der Waals surface area contributed by atoms with Gasteiger partial charge in [-0.1, -0.05) is 25.1 Å². The molecule has 1 amide bonds. The van der Waals surface area contributed by atoms with Crippen LogP contribution in [0.15, 0.2) is 24.3 Å². The van der Waals surface area contributed by atoms with Crippen LogP contribution in [0.5, 0.6) is 0 Å². The summed E-state index contributed by atoms with van der Waals surface area (Å²) >= 11 is 0. The zero-order valence-corrected chi connectivity index (χ0v) is 11.8. The average Bonchev–Trinajstić information content (AvgIpc) is 2.42. The number of para-hydroxylation sites is 1. The van der Waals surface area contributed by atoms with Crippen molar-refractivity contribution in [1.29, 1.82) is 0 Å². The molecule has 1 aliphatic heterocycles. The van der Waals surface area contributed by atoms with E-state index in [1.54, 1.807) is 0 Å². The van der Waals surface area contributed by atoms with Gasteiger partial charge in [-0.05, 0) is 25.1 Å². The lowest BCUT2D eigenvalue weighted by Crippen LogP contribution is -2.53. The van der Waals surface area contributed by atoms with Crippen molar-refractivity contribution >= 4 is 11.6 Å². The Morgan fingerprint density at radius 1 is 1.37 bits per heavy atom. The highest BCUT2D eigenvalue weighted by atomic mass is 16.2. The maximum atomic E-state index is 12.3. The number of benzene rings is 1. The number of anilines is 1. The molecule has 1 aromatic rings. The molecular formula is C15H23N3O. The normalized spacial score (nSPS) is 20.5. The summed E-state index contributed by atoms with van der Waals surface area (Å²) in [5.41, 5.74) is 7.53. The summed E-state index contributed by atoms with van der Waals surface area (Å²) in [7, 11) is 2.13. The highest BCUT2D eigenvalue weighted by Crippen LogP contribution is 2.15. The first-order valence-corrected chi connectivity index (χ1v) is 6.93. The third-order valence-corrected chi connectivity index (χ3v) is 4.00. The number of hydrogen-bond acceptors (Lipinski definition) is 3. The molecule has 0 aromatic heterocycles. The van der Waals surface area contributed by atoms with E-state index in [1.807, 2.05) is 29.2 Å². The molecule has 2 N–H and O–H groups in total. The van der Waals surface area contributed by atoms with Crippen LogP contribution >= 0.6 is 0 Å². The topological polar surface area (TPSA) is 49.6 Å². The van der Waals surface area contributed by atoms with Crippen LogP contribution in [-0.4, -0.2) is 48.4 Å². The van der Waals surface area contributed by atoms with E-state index in [0.717, 1.165) is 31.6 Å². The predicted octanol–water partition coefficient (Wildman–Crippen LogP) is 1.36. The second-order valence-electron chi connectivity index (χ2n) is 5.26. The monoisotopic (exact) mass is 261 g/mol. The molecule has 1 fully saturated rings. The first-order chi connectivity index (χ1) is 9.11. The van der Waals surface area contributed by atoms with Gasteiger partial charge in [0.05, 0.1) is 6.42 Å². The second-order valence-corrected chi connectivity index (χ2v) is 5.26. The first kappa shape index (κ1) is 13.9. The van der Waals surface area contributed by atoms with E-state index in [0.29, 0.717) is 18.2 Å². The van der Waals surface area contributed by atoms with Gasteiger partial charge in [-0.3, -0.25) is 9.69 Å². The van der Waals surface area contributed by atoms with Crippen LogP contribution in [0.2, 0.25) is 0 Å². The van der Waals surface area contributed by atoms with Crippen molar-refractivity contribution in [1.82, 2.24) is 9.80 Å². The van der Waals surface area contributed by atoms with Crippen molar-refractivity contribution in [2.45, 2.75) is 25.8 Å². The second kappa shape index (κ2) is 6.06. The van der Waals surface area contributed by atoms with Gasteiger partial charge in [-0.2, -0.15) is 0 Å². The van der Waals surface area contributed by atoms with Crippen molar-refractivity contribution < 1.29 is 4.79 Å². The first-order valence-electron chi connectivity index (χ1n) is 6.93. The standard InChI is InChI=1S/C15H23N3O/c1-3-13-11-18(9-8-17(13)2)15(19)10-12-6-4-5-7-14(12)16/h4-7,13H,3,8-11,16H2,1-2H3. The van der Waals surface area contributed by atoms with Crippen LogP contribution in [0, 0.1) is 0 Å². The number of nitrogens with two attached hydrogens (primary N) is 1. The number of nitrogen functional groups attached to an aromatic ring is 1. The van der Waals surface area contributed by atoms with Crippen LogP contribution in [0.4, 0.5) is 5.69 Å². The fourth-order valence-corrected chi connectivity index (χ4v) is 2.58. The Labute approximate surface area is 115 Å². The van der Waals surface area contributed by atoms with Crippen molar-refractivity contribution in [2.75, 3.05) is 32.4 Å².